The molecule has 2 aliphatic heterocycles. The minimum Gasteiger partial charge on any atom is -0.456 e. The van der Waals surface area contributed by atoms with Gasteiger partial charge in [0.25, 0.3) is 0 Å². The number of hydrogen-bond donors (Lipinski definition) is 0. The third-order valence-electron chi connectivity index (χ3n) is 12.7. The summed E-state index contributed by atoms with van der Waals surface area (Å²) < 4.78 is 12.8. The number of rotatable bonds is 4. The molecule has 0 spiro atoms. The van der Waals surface area contributed by atoms with E-state index in [0.29, 0.717) is 0 Å². The second-order valence-electron chi connectivity index (χ2n) is 15.9. The van der Waals surface area contributed by atoms with E-state index in [1.807, 2.05) is 18.2 Å². The highest BCUT2D eigenvalue weighted by molar-refractivity contribution is 6.17. The molecule has 278 valence electrons. The van der Waals surface area contributed by atoms with Crippen molar-refractivity contribution in [1.29, 1.82) is 0 Å². The SMILES string of the molecule is c1ccc2c(c1)Oc1ccc(-c3ccc(-c4ccc(-c5ccc(-c6ccc7c8c(cccc68)-c6ccccc6O7)c6ccccc56)c5ccccc45)cc3)c3cccc-2c13. The Morgan fingerprint density at radius 2 is 0.500 bits per heavy atom. The van der Waals surface area contributed by atoms with Crippen molar-refractivity contribution in [3.63, 3.8) is 0 Å². The lowest BCUT2D eigenvalue weighted by atomic mass is 9.86. The summed E-state index contributed by atoms with van der Waals surface area (Å²) in [6.07, 6.45) is 0. The average Bonchev–Trinajstić information content (AvgIpc) is 3.31. The van der Waals surface area contributed by atoms with E-state index in [9.17, 15) is 0 Å². The fourth-order valence-corrected chi connectivity index (χ4v) is 10.0. The van der Waals surface area contributed by atoms with Crippen LogP contribution in [0.2, 0.25) is 0 Å². The van der Waals surface area contributed by atoms with Crippen LogP contribution in [-0.4, -0.2) is 0 Å². The van der Waals surface area contributed by atoms with Gasteiger partial charge in [-0.3, -0.25) is 0 Å². The second kappa shape index (κ2) is 12.8. The van der Waals surface area contributed by atoms with Crippen molar-refractivity contribution in [2.24, 2.45) is 0 Å². The van der Waals surface area contributed by atoms with Crippen LogP contribution in [0, 0.1) is 0 Å². The van der Waals surface area contributed by atoms with Gasteiger partial charge in [0.1, 0.15) is 23.0 Å². The zero-order valence-electron chi connectivity index (χ0n) is 32.4. The molecule has 2 aliphatic rings. The monoisotopic (exact) mass is 762 g/mol. The summed E-state index contributed by atoms with van der Waals surface area (Å²) in [7, 11) is 0. The first-order chi connectivity index (χ1) is 29.8. The average molecular weight is 763 g/mol. The Balaban J connectivity index is 0.904. The Morgan fingerprint density at radius 3 is 1.00 bits per heavy atom. The molecular formula is C58H34O2. The van der Waals surface area contributed by atoms with Gasteiger partial charge in [0, 0.05) is 21.9 Å². The van der Waals surface area contributed by atoms with Gasteiger partial charge < -0.3 is 9.47 Å². The zero-order chi connectivity index (χ0) is 39.3. The standard InChI is InChI=1S/C58H34O2/c1-2-12-40-39(11-1)37(35-23-25-36(26-24-35)38-31-33-55-57-49(38)17-9-19-51(57)47-15-5-7-21-53(47)59-55)27-28-43(40)44-29-30-45(42-14-4-3-13-41(42)44)46-32-34-56-58-50(46)18-10-20-52(58)48-16-6-8-22-54(48)60-56/h1-34H. The summed E-state index contributed by atoms with van der Waals surface area (Å²) in [6.45, 7) is 0. The summed E-state index contributed by atoms with van der Waals surface area (Å²) in [5, 5.41) is 9.65. The summed E-state index contributed by atoms with van der Waals surface area (Å²) in [4.78, 5) is 0. The van der Waals surface area contributed by atoms with Gasteiger partial charge in [-0.1, -0.05) is 182 Å². The molecule has 0 N–H and O–H groups in total. The smallest absolute Gasteiger partial charge is 0.135 e. The highest BCUT2D eigenvalue weighted by Gasteiger charge is 2.24. The van der Waals surface area contributed by atoms with Gasteiger partial charge in [0.05, 0.1) is 0 Å². The molecule has 60 heavy (non-hydrogen) atoms. The zero-order valence-corrected chi connectivity index (χ0v) is 32.4. The summed E-state index contributed by atoms with van der Waals surface area (Å²) in [6, 6.07) is 74.5. The topological polar surface area (TPSA) is 18.5 Å². The van der Waals surface area contributed by atoms with Crippen molar-refractivity contribution in [2.45, 2.75) is 0 Å². The van der Waals surface area contributed by atoms with E-state index < -0.39 is 0 Å². The molecule has 11 aromatic carbocycles. The lowest BCUT2D eigenvalue weighted by Crippen LogP contribution is -1.97. The predicted octanol–water partition coefficient (Wildman–Crippen LogP) is 16.5. The van der Waals surface area contributed by atoms with Crippen LogP contribution < -0.4 is 9.47 Å². The molecule has 0 aromatic heterocycles. The number of para-hydroxylation sites is 2. The van der Waals surface area contributed by atoms with E-state index in [1.54, 1.807) is 0 Å². The van der Waals surface area contributed by atoms with E-state index in [2.05, 4.69) is 188 Å². The molecule has 0 saturated carbocycles. The van der Waals surface area contributed by atoms with Crippen molar-refractivity contribution < 1.29 is 9.47 Å². The van der Waals surface area contributed by atoms with Crippen LogP contribution in [0.15, 0.2) is 206 Å². The van der Waals surface area contributed by atoms with Gasteiger partial charge in [0.15, 0.2) is 0 Å². The molecule has 0 saturated heterocycles. The van der Waals surface area contributed by atoms with Crippen molar-refractivity contribution in [3.05, 3.63) is 206 Å². The summed E-state index contributed by atoms with van der Waals surface area (Å²) in [5.74, 6) is 3.63. The Labute approximate surface area is 347 Å². The van der Waals surface area contributed by atoms with E-state index in [4.69, 9.17) is 9.47 Å². The molecule has 0 atom stereocenters. The Hall–Kier alpha value is -7.94. The molecule has 13 rings (SSSR count). The largest absolute Gasteiger partial charge is 0.456 e. The third-order valence-corrected chi connectivity index (χ3v) is 12.7. The normalized spacial score (nSPS) is 12.3. The van der Waals surface area contributed by atoms with Crippen LogP contribution in [0.4, 0.5) is 0 Å². The van der Waals surface area contributed by atoms with Crippen molar-refractivity contribution in [3.8, 4) is 89.8 Å². The van der Waals surface area contributed by atoms with Crippen LogP contribution in [0.1, 0.15) is 0 Å². The Kier molecular flexibility index (Phi) is 7.05. The number of benzene rings is 11. The van der Waals surface area contributed by atoms with E-state index in [0.717, 1.165) is 39.5 Å². The van der Waals surface area contributed by atoms with Crippen molar-refractivity contribution in [2.75, 3.05) is 0 Å². The first kappa shape index (κ1) is 33.1. The first-order valence-corrected chi connectivity index (χ1v) is 20.6. The molecule has 11 aromatic rings. The van der Waals surface area contributed by atoms with Crippen molar-refractivity contribution >= 4 is 43.1 Å². The molecule has 2 nitrogen and oxygen atoms in total. The highest BCUT2D eigenvalue weighted by Crippen LogP contribution is 2.51. The van der Waals surface area contributed by atoms with Crippen LogP contribution in [-0.2, 0) is 0 Å². The first-order valence-electron chi connectivity index (χ1n) is 20.6. The number of hydrogen-bond acceptors (Lipinski definition) is 2. The maximum absolute atomic E-state index is 6.45. The van der Waals surface area contributed by atoms with Crippen molar-refractivity contribution in [1.82, 2.24) is 0 Å². The maximum Gasteiger partial charge on any atom is 0.135 e. The van der Waals surface area contributed by atoms with Gasteiger partial charge in [-0.25, -0.2) is 0 Å². The second-order valence-corrected chi connectivity index (χ2v) is 15.9. The molecule has 2 heteroatoms. The number of fused-ring (bicyclic) bond motifs is 6. The van der Waals surface area contributed by atoms with Crippen LogP contribution in [0.3, 0.4) is 0 Å². The van der Waals surface area contributed by atoms with Crippen LogP contribution in [0.25, 0.3) is 110 Å². The fraction of sp³-hybridized carbons (Fsp3) is 0. The molecule has 0 bridgehead atoms. The molecule has 0 amide bonds. The van der Waals surface area contributed by atoms with E-state index in [-0.39, 0.29) is 0 Å². The van der Waals surface area contributed by atoms with Crippen LogP contribution >= 0.6 is 0 Å². The molecule has 2 heterocycles. The molecule has 0 radical (unpaired) electrons. The summed E-state index contributed by atoms with van der Waals surface area (Å²) >= 11 is 0. The third kappa shape index (κ3) is 4.82. The van der Waals surface area contributed by atoms with Gasteiger partial charge in [0.2, 0.25) is 0 Å². The van der Waals surface area contributed by atoms with Crippen LogP contribution in [0.5, 0.6) is 23.0 Å². The minimum absolute atomic E-state index is 0.904. The Morgan fingerprint density at radius 1 is 0.183 bits per heavy atom. The van der Waals surface area contributed by atoms with Gasteiger partial charge in [-0.2, -0.15) is 0 Å². The quantitative estimate of drug-likeness (QED) is 0.178. The maximum atomic E-state index is 6.45. The van der Waals surface area contributed by atoms with E-state index in [1.165, 1.54) is 93.3 Å². The molecular weight excluding hydrogens is 729 g/mol. The Bertz CT molecular complexity index is 3600. The minimum atomic E-state index is 0.904. The predicted molar refractivity (Wildman–Crippen MR) is 249 cm³/mol. The highest BCUT2D eigenvalue weighted by atomic mass is 16.5. The lowest BCUT2D eigenvalue weighted by Gasteiger charge is -2.23. The van der Waals surface area contributed by atoms with Gasteiger partial charge in [-0.05, 0) is 112 Å². The lowest BCUT2D eigenvalue weighted by molar-refractivity contribution is 0.487. The van der Waals surface area contributed by atoms with E-state index >= 15 is 0 Å². The molecule has 0 aliphatic carbocycles. The number of ether oxygens (including phenoxy) is 2. The summed E-state index contributed by atoms with van der Waals surface area (Å²) in [5.41, 5.74) is 14.4. The van der Waals surface area contributed by atoms with Gasteiger partial charge in [-0.15, -0.1) is 0 Å². The fourth-order valence-electron chi connectivity index (χ4n) is 10.0. The van der Waals surface area contributed by atoms with Gasteiger partial charge >= 0.3 is 0 Å². The molecule has 0 unspecified atom stereocenters. The molecule has 0 fully saturated rings.